The van der Waals surface area contributed by atoms with Crippen LogP contribution >= 0.6 is 0 Å². The van der Waals surface area contributed by atoms with Crippen LogP contribution in [0, 0.1) is 5.92 Å². The van der Waals surface area contributed by atoms with Gasteiger partial charge in [0, 0.05) is 19.3 Å². The largest absolute Gasteiger partial charge is 0.385 e. The first-order chi connectivity index (χ1) is 4.69. The summed E-state index contributed by atoms with van der Waals surface area (Å²) < 4.78 is 4.98. The fourth-order valence-corrected chi connectivity index (χ4v) is 1.22. The monoisotopic (exact) mass is 143 g/mol. The third kappa shape index (κ3) is 1.70. The van der Waals surface area contributed by atoms with Crippen LogP contribution in [0.15, 0.2) is 0 Å². The SMILES string of the molecule is COCCC(C)C1(N)CC1. The van der Waals surface area contributed by atoms with Gasteiger partial charge in [-0.2, -0.15) is 0 Å². The van der Waals surface area contributed by atoms with Gasteiger partial charge >= 0.3 is 0 Å². The zero-order valence-electron chi connectivity index (χ0n) is 6.89. The average molecular weight is 143 g/mol. The Hall–Kier alpha value is -0.0800. The van der Waals surface area contributed by atoms with Gasteiger partial charge in [0.1, 0.15) is 0 Å². The van der Waals surface area contributed by atoms with Crippen molar-refractivity contribution in [3.05, 3.63) is 0 Å². The second-order valence-electron chi connectivity index (χ2n) is 3.42. The van der Waals surface area contributed by atoms with E-state index >= 15 is 0 Å². The van der Waals surface area contributed by atoms with Gasteiger partial charge < -0.3 is 10.5 Å². The Kier molecular flexibility index (Phi) is 2.32. The van der Waals surface area contributed by atoms with Gasteiger partial charge in [0.25, 0.3) is 0 Å². The molecule has 0 aromatic heterocycles. The number of methoxy groups -OCH3 is 1. The molecule has 1 aliphatic rings. The molecule has 2 nitrogen and oxygen atoms in total. The predicted octanol–water partition coefficient (Wildman–Crippen LogP) is 1.15. The van der Waals surface area contributed by atoms with Gasteiger partial charge in [0.15, 0.2) is 0 Å². The number of hydrogen-bond donors (Lipinski definition) is 1. The molecule has 60 valence electrons. The standard InChI is InChI=1S/C8H17NO/c1-7(3-6-10-2)8(9)4-5-8/h7H,3-6,9H2,1-2H3. The fraction of sp³-hybridized carbons (Fsp3) is 1.00. The first-order valence-electron chi connectivity index (χ1n) is 3.97. The molecule has 1 unspecified atom stereocenters. The molecule has 2 N–H and O–H groups in total. The molecule has 1 fully saturated rings. The normalized spacial score (nSPS) is 24.3. The average Bonchev–Trinajstić information content (AvgIpc) is 2.64. The molecule has 1 atom stereocenters. The molecule has 1 saturated carbocycles. The topological polar surface area (TPSA) is 35.2 Å². The van der Waals surface area contributed by atoms with Crippen LogP contribution in [0.4, 0.5) is 0 Å². The van der Waals surface area contributed by atoms with Crippen molar-refractivity contribution in [1.29, 1.82) is 0 Å². The lowest BCUT2D eigenvalue weighted by Crippen LogP contribution is -2.31. The second kappa shape index (κ2) is 2.89. The maximum Gasteiger partial charge on any atom is 0.0465 e. The summed E-state index contributed by atoms with van der Waals surface area (Å²) in [5.74, 6) is 0.632. The summed E-state index contributed by atoms with van der Waals surface area (Å²) >= 11 is 0. The Morgan fingerprint density at radius 2 is 2.20 bits per heavy atom. The lowest BCUT2D eigenvalue weighted by molar-refractivity contribution is 0.172. The molecule has 0 aromatic carbocycles. The van der Waals surface area contributed by atoms with Crippen molar-refractivity contribution in [2.75, 3.05) is 13.7 Å². The quantitative estimate of drug-likeness (QED) is 0.640. The predicted molar refractivity (Wildman–Crippen MR) is 41.8 cm³/mol. The highest BCUT2D eigenvalue weighted by molar-refractivity contribution is 5.02. The summed E-state index contributed by atoms with van der Waals surface area (Å²) in [4.78, 5) is 0. The first kappa shape index (κ1) is 8.02. The molecule has 0 aromatic rings. The van der Waals surface area contributed by atoms with Gasteiger partial charge in [-0.25, -0.2) is 0 Å². The van der Waals surface area contributed by atoms with E-state index in [9.17, 15) is 0 Å². The smallest absolute Gasteiger partial charge is 0.0465 e. The number of hydrogen-bond acceptors (Lipinski definition) is 2. The molecular weight excluding hydrogens is 126 g/mol. The van der Waals surface area contributed by atoms with Gasteiger partial charge in [-0.05, 0) is 25.2 Å². The minimum absolute atomic E-state index is 0.179. The molecule has 0 bridgehead atoms. The fourth-order valence-electron chi connectivity index (χ4n) is 1.22. The van der Waals surface area contributed by atoms with E-state index in [1.54, 1.807) is 7.11 Å². The third-order valence-electron chi connectivity index (χ3n) is 2.56. The van der Waals surface area contributed by atoms with E-state index in [4.69, 9.17) is 10.5 Å². The van der Waals surface area contributed by atoms with E-state index in [0.29, 0.717) is 5.92 Å². The molecule has 0 aliphatic heterocycles. The zero-order chi connectivity index (χ0) is 7.61. The molecule has 0 amide bonds. The first-order valence-corrected chi connectivity index (χ1v) is 3.97. The van der Waals surface area contributed by atoms with Gasteiger partial charge in [0.05, 0.1) is 0 Å². The maximum absolute atomic E-state index is 5.98. The molecule has 0 radical (unpaired) electrons. The summed E-state index contributed by atoms with van der Waals surface area (Å²) in [5.41, 5.74) is 6.15. The van der Waals surface area contributed by atoms with E-state index in [0.717, 1.165) is 13.0 Å². The van der Waals surface area contributed by atoms with Crippen LogP contribution in [0.2, 0.25) is 0 Å². The lowest BCUT2D eigenvalue weighted by Gasteiger charge is -2.17. The van der Waals surface area contributed by atoms with Crippen LogP contribution in [0.25, 0.3) is 0 Å². The number of ether oxygens (including phenoxy) is 1. The number of nitrogens with two attached hydrogens (primary N) is 1. The summed E-state index contributed by atoms with van der Waals surface area (Å²) in [7, 11) is 1.74. The highest BCUT2D eigenvalue weighted by Crippen LogP contribution is 2.40. The van der Waals surface area contributed by atoms with Gasteiger partial charge in [0.2, 0.25) is 0 Å². The van der Waals surface area contributed by atoms with Crippen molar-refractivity contribution in [3.63, 3.8) is 0 Å². The highest BCUT2D eigenvalue weighted by Gasteiger charge is 2.42. The Balaban J connectivity index is 2.15. The second-order valence-corrected chi connectivity index (χ2v) is 3.42. The van der Waals surface area contributed by atoms with Gasteiger partial charge in [-0.1, -0.05) is 6.92 Å². The minimum Gasteiger partial charge on any atom is -0.385 e. The van der Waals surface area contributed by atoms with Crippen molar-refractivity contribution in [1.82, 2.24) is 0 Å². The highest BCUT2D eigenvalue weighted by atomic mass is 16.5. The van der Waals surface area contributed by atoms with E-state index in [1.165, 1.54) is 12.8 Å². The van der Waals surface area contributed by atoms with Crippen LogP contribution in [-0.2, 0) is 4.74 Å². The number of rotatable bonds is 4. The molecule has 1 aliphatic carbocycles. The van der Waals surface area contributed by atoms with E-state index in [1.807, 2.05) is 0 Å². The molecule has 0 spiro atoms. The molecule has 0 saturated heterocycles. The van der Waals surface area contributed by atoms with Crippen molar-refractivity contribution in [3.8, 4) is 0 Å². The van der Waals surface area contributed by atoms with Crippen molar-refractivity contribution in [2.45, 2.75) is 31.7 Å². The third-order valence-corrected chi connectivity index (χ3v) is 2.56. The molecule has 1 rings (SSSR count). The maximum atomic E-state index is 5.98. The summed E-state index contributed by atoms with van der Waals surface area (Å²) in [6.45, 7) is 3.06. The molecule has 2 heteroatoms. The summed E-state index contributed by atoms with van der Waals surface area (Å²) in [5, 5.41) is 0. The molecule has 0 heterocycles. The molecular formula is C8H17NO. The van der Waals surface area contributed by atoms with Gasteiger partial charge in [-0.3, -0.25) is 0 Å². The van der Waals surface area contributed by atoms with Crippen LogP contribution < -0.4 is 5.73 Å². The van der Waals surface area contributed by atoms with Crippen molar-refractivity contribution in [2.24, 2.45) is 11.7 Å². The molecule has 10 heavy (non-hydrogen) atoms. The van der Waals surface area contributed by atoms with Crippen molar-refractivity contribution >= 4 is 0 Å². The van der Waals surface area contributed by atoms with Crippen LogP contribution in [0.3, 0.4) is 0 Å². The van der Waals surface area contributed by atoms with Crippen LogP contribution in [0.5, 0.6) is 0 Å². The van der Waals surface area contributed by atoms with E-state index in [-0.39, 0.29) is 5.54 Å². The van der Waals surface area contributed by atoms with Crippen LogP contribution in [0.1, 0.15) is 26.2 Å². The Bertz CT molecular complexity index is 110. The Morgan fingerprint density at radius 3 is 2.60 bits per heavy atom. The van der Waals surface area contributed by atoms with Gasteiger partial charge in [-0.15, -0.1) is 0 Å². The van der Waals surface area contributed by atoms with E-state index in [2.05, 4.69) is 6.92 Å². The summed E-state index contributed by atoms with van der Waals surface area (Å²) in [6, 6.07) is 0. The Morgan fingerprint density at radius 1 is 1.60 bits per heavy atom. The Labute approximate surface area is 62.7 Å². The summed E-state index contributed by atoms with van der Waals surface area (Å²) in [6.07, 6.45) is 3.52. The van der Waals surface area contributed by atoms with E-state index < -0.39 is 0 Å². The lowest BCUT2D eigenvalue weighted by atomic mass is 9.97. The van der Waals surface area contributed by atoms with Crippen molar-refractivity contribution < 1.29 is 4.74 Å². The zero-order valence-corrected chi connectivity index (χ0v) is 6.89. The minimum atomic E-state index is 0.179. The van der Waals surface area contributed by atoms with Crippen LogP contribution in [-0.4, -0.2) is 19.3 Å².